The van der Waals surface area contributed by atoms with Crippen LogP contribution in [-0.2, 0) is 13.1 Å². The van der Waals surface area contributed by atoms with Gasteiger partial charge in [-0.2, -0.15) is 0 Å². The highest BCUT2D eigenvalue weighted by Crippen LogP contribution is 2.22. The maximum atomic E-state index is 6.18. The van der Waals surface area contributed by atoms with Crippen molar-refractivity contribution in [3.05, 3.63) is 59.4 Å². The summed E-state index contributed by atoms with van der Waals surface area (Å²) in [4.78, 5) is 4.73. The Bertz CT molecular complexity index is 749. The summed E-state index contributed by atoms with van der Waals surface area (Å²) in [7, 11) is 0. The zero-order valence-electron chi connectivity index (χ0n) is 12.0. The van der Waals surface area contributed by atoms with Crippen LogP contribution in [0, 0.1) is 0 Å². The standard InChI is InChI=1S/C17H18ClN3/c1-2-11-21-16-10-6-5-9-15(16)20-17(21)12-19-14-8-4-3-7-13(14)18/h3-10,19H,2,11-12H2,1H3. The Morgan fingerprint density at radius 1 is 1.10 bits per heavy atom. The Balaban J connectivity index is 1.89. The minimum absolute atomic E-state index is 0.665. The number of nitrogens with one attached hydrogen (secondary N) is 1. The van der Waals surface area contributed by atoms with E-state index in [1.54, 1.807) is 0 Å². The van der Waals surface area contributed by atoms with Crippen LogP contribution in [-0.4, -0.2) is 9.55 Å². The van der Waals surface area contributed by atoms with Gasteiger partial charge in [-0.1, -0.05) is 42.8 Å². The number of anilines is 1. The molecule has 0 aliphatic heterocycles. The van der Waals surface area contributed by atoms with E-state index in [0.29, 0.717) is 6.54 Å². The Morgan fingerprint density at radius 2 is 1.86 bits per heavy atom. The number of hydrogen-bond acceptors (Lipinski definition) is 2. The third-order valence-corrected chi connectivity index (χ3v) is 3.82. The van der Waals surface area contributed by atoms with Crippen molar-refractivity contribution >= 4 is 28.3 Å². The van der Waals surface area contributed by atoms with E-state index in [4.69, 9.17) is 16.6 Å². The Kier molecular flexibility index (Phi) is 4.11. The van der Waals surface area contributed by atoms with Crippen molar-refractivity contribution in [3.63, 3.8) is 0 Å². The summed E-state index contributed by atoms with van der Waals surface area (Å²) in [6, 6.07) is 16.0. The second-order valence-electron chi connectivity index (χ2n) is 5.00. The van der Waals surface area contributed by atoms with Gasteiger partial charge in [0.1, 0.15) is 5.82 Å². The number of imidazole rings is 1. The number of hydrogen-bond donors (Lipinski definition) is 1. The topological polar surface area (TPSA) is 29.9 Å². The van der Waals surface area contributed by atoms with Crippen molar-refractivity contribution in [2.45, 2.75) is 26.4 Å². The summed E-state index contributed by atoms with van der Waals surface area (Å²) >= 11 is 6.18. The van der Waals surface area contributed by atoms with E-state index in [2.05, 4.69) is 35.0 Å². The van der Waals surface area contributed by atoms with Crippen molar-refractivity contribution in [2.24, 2.45) is 0 Å². The van der Waals surface area contributed by atoms with Crippen LogP contribution in [0.15, 0.2) is 48.5 Å². The summed E-state index contributed by atoms with van der Waals surface area (Å²) < 4.78 is 2.28. The first-order valence-electron chi connectivity index (χ1n) is 7.22. The molecule has 3 rings (SSSR count). The van der Waals surface area contributed by atoms with E-state index in [9.17, 15) is 0 Å². The summed E-state index contributed by atoms with van der Waals surface area (Å²) in [5, 5.41) is 4.11. The van der Waals surface area contributed by atoms with E-state index in [0.717, 1.165) is 35.0 Å². The second-order valence-corrected chi connectivity index (χ2v) is 5.41. The molecule has 0 aliphatic carbocycles. The van der Waals surface area contributed by atoms with Gasteiger partial charge in [-0.05, 0) is 30.7 Å². The van der Waals surface area contributed by atoms with Crippen LogP contribution in [0.5, 0.6) is 0 Å². The number of fused-ring (bicyclic) bond motifs is 1. The molecule has 3 aromatic rings. The normalized spacial score (nSPS) is 11.0. The molecule has 108 valence electrons. The maximum Gasteiger partial charge on any atom is 0.129 e. The molecular weight excluding hydrogens is 282 g/mol. The Morgan fingerprint density at radius 3 is 2.67 bits per heavy atom. The first-order valence-corrected chi connectivity index (χ1v) is 7.60. The van der Waals surface area contributed by atoms with Crippen LogP contribution in [0.3, 0.4) is 0 Å². The highest BCUT2D eigenvalue weighted by molar-refractivity contribution is 6.33. The van der Waals surface area contributed by atoms with Crippen LogP contribution in [0.1, 0.15) is 19.2 Å². The first-order chi connectivity index (χ1) is 10.3. The van der Waals surface area contributed by atoms with E-state index >= 15 is 0 Å². The van der Waals surface area contributed by atoms with Gasteiger partial charge in [0.15, 0.2) is 0 Å². The molecule has 4 heteroatoms. The minimum Gasteiger partial charge on any atom is -0.377 e. The van der Waals surface area contributed by atoms with Gasteiger partial charge in [0.2, 0.25) is 0 Å². The third kappa shape index (κ3) is 2.88. The molecule has 3 nitrogen and oxygen atoms in total. The smallest absolute Gasteiger partial charge is 0.129 e. The molecule has 0 unspecified atom stereocenters. The highest BCUT2D eigenvalue weighted by atomic mass is 35.5. The van der Waals surface area contributed by atoms with Crippen LogP contribution in [0.2, 0.25) is 5.02 Å². The molecule has 1 heterocycles. The largest absolute Gasteiger partial charge is 0.377 e. The van der Waals surface area contributed by atoms with E-state index in [-0.39, 0.29) is 0 Å². The molecule has 0 bridgehead atoms. The number of aromatic nitrogens is 2. The highest BCUT2D eigenvalue weighted by Gasteiger charge is 2.09. The van der Waals surface area contributed by atoms with Crippen molar-refractivity contribution in [1.29, 1.82) is 0 Å². The number of para-hydroxylation sites is 3. The van der Waals surface area contributed by atoms with Crippen molar-refractivity contribution in [1.82, 2.24) is 9.55 Å². The summed E-state index contributed by atoms with van der Waals surface area (Å²) in [5.74, 6) is 1.04. The lowest BCUT2D eigenvalue weighted by molar-refractivity contribution is 0.661. The Hall–Kier alpha value is -2.00. The lowest BCUT2D eigenvalue weighted by atomic mass is 10.3. The molecular formula is C17H18ClN3. The number of rotatable bonds is 5. The molecule has 0 saturated carbocycles. The number of aryl methyl sites for hydroxylation is 1. The summed E-state index contributed by atoms with van der Waals surface area (Å²) in [6.45, 7) is 3.82. The monoisotopic (exact) mass is 299 g/mol. The van der Waals surface area contributed by atoms with Gasteiger partial charge in [0, 0.05) is 6.54 Å². The molecule has 0 fully saturated rings. The number of halogens is 1. The number of benzene rings is 2. The van der Waals surface area contributed by atoms with Crippen LogP contribution >= 0.6 is 11.6 Å². The SMILES string of the molecule is CCCn1c(CNc2ccccc2Cl)nc2ccccc21. The average Bonchev–Trinajstić information content (AvgIpc) is 2.85. The van der Waals surface area contributed by atoms with Gasteiger partial charge in [0.25, 0.3) is 0 Å². The second kappa shape index (κ2) is 6.19. The van der Waals surface area contributed by atoms with E-state index in [1.807, 2.05) is 30.3 Å². The van der Waals surface area contributed by atoms with Gasteiger partial charge in [-0.3, -0.25) is 0 Å². The fraction of sp³-hybridized carbons (Fsp3) is 0.235. The quantitative estimate of drug-likeness (QED) is 0.739. The molecule has 21 heavy (non-hydrogen) atoms. The molecule has 0 radical (unpaired) electrons. The van der Waals surface area contributed by atoms with Gasteiger partial charge >= 0.3 is 0 Å². The molecule has 0 aliphatic rings. The lowest BCUT2D eigenvalue weighted by Gasteiger charge is -2.10. The molecule has 0 amide bonds. The van der Waals surface area contributed by atoms with E-state index < -0.39 is 0 Å². The van der Waals surface area contributed by atoms with Gasteiger partial charge in [-0.15, -0.1) is 0 Å². The van der Waals surface area contributed by atoms with Crippen molar-refractivity contribution in [2.75, 3.05) is 5.32 Å². The third-order valence-electron chi connectivity index (χ3n) is 3.49. The summed E-state index contributed by atoms with van der Waals surface area (Å²) in [6.07, 6.45) is 1.08. The predicted molar refractivity (Wildman–Crippen MR) is 88.8 cm³/mol. The average molecular weight is 300 g/mol. The van der Waals surface area contributed by atoms with Gasteiger partial charge in [-0.25, -0.2) is 4.98 Å². The van der Waals surface area contributed by atoms with Crippen molar-refractivity contribution in [3.8, 4) is 0 Å². The maximum absolute atomic E-state index is 6.18. The van der Waals surface area contributed by atoms with Gasteiger partial charge < -0.3 is 9.88 Å². The molecule has 1 N–H and O–H groups in total. The minimum atomic E-state index is 0.665. The molecule has 2 aromatic carbocycles. The fourth-order valence-electron chi connectivity index (χ4n) is 2.51. The lowest BCUT2D eigenvalue weighted by Crippen LogP contribution is -2.09. The van der Waals surface area contributed by atoms with Crippen LogP contribution < -0.4 is 5.32 Å². The first kappa shape index (κ1) is 14.0. The predicted octanol–water partition coefficient (Wildman–Crippen LogP) is 4.71. The number of nitrogens with zero attached hydrogens (tertiary/aromatic N) is 2. The fourth-order valence-corrected chi connectivity index (χ4v) is 2.71. The molecule has 0 saturated heterocycles. The summed E-state index contributed by atoms with van der Waals surface area (Å²) in [5.41, 5.74) is 3.17. The molecule has 0 spiro atoms. The van der Waals surface area contributed by atoms with Crippen LogP contribution in [0.25, 0.3) is 11.0 Å². The van der Waals surface area contributed by atoms with Crippen LogP contribution in [0.4, 0.5) is 5.69 Å². The van der Waals surface area contributed by atoms with Crippen molar-refractivity contribution < 1.29 is 0 Å². The molecule has 1 aromatic heterocycles. The molecule has 0 atom stereocenters. The van der Waals surface area contributed by atoms with E-state index in [1.165, 1.54) is 5.52 Å². The zero-order chi connectivity index (χ0) is 14.7. The van der Waals surface area contributed by atoms with Gasteiger partial charge in [0.05, 0.1) is 28.3 Å². The Labute approximate surface area is 129 Å². The zero-order valence-corrected chi connectivity index (χ0v) is 12.8.